The van der Waals surface area contributed by atoms with Gasteiger partial charge in [0.25, 0.3) is 0 Å². The number of halogens is 1. The summed E-state index contributed by atoms with van der Waals surface area (Å²) in [6.07, 6.45) is 6.27. The van der Waals surface area contributed by atoms with E-state index in [1.54, 1.807) is 18.6 Å². The van der Waals surface area contributed by atoms with Crippen LogP contribution in [0.15, 0.2) is 36.8 Å². The molecule has 0 aliphatic rings. The maximum absolute atomic E-state index is 6.29. The first-order chi connectivity index (χ1) is 9.22. The Morgan fingerprint density at radius 3 is 2.63 bits per heavy atom. The normalized spacial score (nSPS) is 10.5. The number of anilines is 1. The van der Waals surface area contributed by atoms with Gasteiger partial charge in [0.05, 0.1) is 5.02 Å². The third-order valence-electron chi connectivity index (χ3n) is 3.02. The van der Waals surface area contributed by atoms with Crippen molar-refractivity contribution in [2.24, 2.45) is 5.73 Å². The van der Waals surface area contributed by atoms with Crippen LogP contribution in [0.25, 0.3) is 0 Å². The van der Waals surface area contributed by atoms with E-state index in [-0.39, 0.29) is 0 Å². The van der Waals surface area contributed by atoms with Crippen molar-refractivity contribution < 1.29 is 0 Å². The molecule has 2 rings (SSSR count). The number of rotatable bonds is 5. The van der Waals surface area contributed by atoms with Gasteiger partial charge in [0, 0.05) is 38.7 Å². The van der Waals surface area contributed by atoms with Gasteiger partial charge in [-0.2, -0.15) is 0 Å². The second kappa shape index (κ2) is 6.50. The Morgan fingerprint density at radius 2 is 1.95 bits per heavy atom. The van der Waals surface area contributed by atoms with E-state index in [9.17, 15) is 0 Å². The molecule has 0 atom stereocenters. The Balaban J connectivity index is 2.06. The van der Waals surface area contributed by atoms with Crippen molar-refractivity contribution in [3.8, 4) is 0 Å². The fraction of sp³-hybridized carbons (Fsp3) is 0.286. The molecule has 0 saturated carbocycles. The average Bonchev–Trinajstić information content (AvgIpc) is 2.46. The summed E-state index contributed by atoms with van der Waals surface area (Å²) >= 11 is 6.29. The lowest BCUT2D eigenvalue weighted by Gasteiger charge is -2.20. The fourth-order valence-electron chi connectivity index (χ4n) is 1.85. The molecular formula is C14H17ClN4. The standard InChI is InChI=1S/C14H17ClN4/c1-19(9-5-11-2-6-17-7-3-11)14-13(15)12(10-16)4-8-18-14/h2-4,6-8H,5,9-10,16H2,1H3. The number of likely N-dealkylation sites (N-methyl/N-ethyl adjacent to an activating group) is 1. The van der Waals surface area contributed by atoms with Crippen LogP contribution in [0, 0.1) is 0 Å². The highest BCUT2D eigenvalue weighted by atomic mass is 35.5. The van der Waals surface area contributed by atoms with Crippen LogP contribution >= 0.6 is 11.6 Å². The van der Waals surface area contributed by atoms with E-state index in [0.29, 0.717) is 11.6 Å². The number of hydrogen-bond donors (Lipinski definition) is 1. The Kier molecular flexibility index (Phi) is 4.71. The molecule has 0 saturated heterocycles. The largest absolute Gasteiger partial charge is 0.358 e. The van der Waals surface area contributed by atoms with Gasteiger partial charge >= 0.3 is 0 Å². The van der Waals surface area contributed by atoms with E-state index >= 15 is 0 Å². The molecule has 0 spiro atoms. The van der Waals surface area contributed by atoms with Crippen molar-refractivity contribution in [1.82, 2.24) is 9.97 Å². The predicted octanol–water partition coefficient (Wildman–Crippen LogP) is 2.27. The first-order valence-electron chi connectivity index (χ1n) is 6.16. The summed E-state index contributed by atoms with van der Waals surface area (Å²) in [4.78, 5) is 10.4. The zero-order valence-corrected chi connectivity index (χ0v) is 11.6. The first kappa shape index (κ1) is 13.8. The summed E-state index contributed by atoms with van der Waals surface area (Å²) in [6.45, 7) is 1.26. The second-order valence-corrected chi connectivity index (χ2v) is 4.72. The number of nitrogens with zero attached hydrogens (tertiary/aromatic N) is 3. The van der Waals surface area contributed by atoms with Crippen LogP contribution in [0.2, 0.25) is 5.02 Å². The first-order valence-corrected chi connectivity index (χ1v) is 6.53. The summed E-state index contributed by atoms with van der Waals surface area (Å²) in [5, 5.41) is 0.641. The van der Waals surface area contributed by atoms with Gasteiger partial charge in [-0.05, 0) is 35.7 Å². The molecule has 2 heterocycles. The SMILES string of the molecule is CN(CCc1ccncc1)c1nccc(CN)c1Cl. The predicted molar refractivity (Wildman–Crippen MR) is 78.3 cm³/mol. The van der Waals surface area contributed by atoms with E-state index in [1.165, 1.54) is 5.56 Å². The topological polar surface area (TPSA) is 55.0 Å². The average molecular weight is 277 g/mol. The molecule has 2 N–H and O–H groups in total. The van der Waals surface area contributed by atoms with Gasteiger partial charge in [-0.3, -0.25) is 4.98 Å². The number of pyridine rings is 2. The highest BCUT2D eigenvalue weighted by Gasteiger charge is 2.10. The summed E-state index contributed by atoms with van der Waals surface area (Å²) in [7, 11) is 1.98. The lowest BCUT2D eigenvalue weighted by Crippen LogP contribution is -2.22. The molecule has 100 valence electrons. The van der Waals surface area contributed by atoms with E-state index in [0.717, 1.165) is 24.3 Å². The van der Waals surface area contributed by atoms with Crippen LogP contribution in [0.1, 0.15) is 11.1 Å². The van der Waals surface area contributed by atoms with Crippen molar-refractivity contribution in [2.45, 2.75) is 13.0 Å². The molecule has 0 unspecified atom stereocenters. The van der Waals surface area contributed by atoms with Crippen molar-refractivity contribution in [2.75, 3.05) is 18.5 Å². The summed E-state index contributed by atoms with van der Waals surface area (Å²) in [5.41, 5.74) is 7.81. The van der Waals surface area contributed by atoms with Crippen LogP contribution in [0.3, 0.4) is 0 Å². The molecule has 2 aromatic rings. The minimum absolute atomic E-state index is 0.423. The fourth-order valence-corrected chi connectivity index (χ4v) is 2.18. The molecule has 0 amide bonds. The highest BCUT2D eigenvalue weighted by Crippen LogP contribution is 2.25. The molecule has 5 heteroatoms. The Labute approximate surface area is 118 Å². The lowest BCUT2D eigenvalue weighted by atomic mass is 10.2. The van der Waals surface area contributed by atoms with Crippen molar-refractivity contribution in [1.29, 1.82) is 0 Å². The molecule has 4 nitrogen and oxygen atoms in total. The zero-order chi connectivity index (χ0) is 13.7. The summed E-state index contributed by atoms with van der Waals surface area (Å²) < 4.78 is 0. The summed E-state index contributed by atoms with van der Waals surface area (Å²) in [6, 6.07) is 5.88. The minimum atomic E-state index is 0.423. The van der Waals surface area contributed by atoms with Gasteiger partial charge in [0.2, 0.25) is 0 Å². The third-order valence-corrected chi connectivity index (χ3v) is 3.43. The number of hydrogen-bond acceptors (Lipinski definition) is 4. The molecule has 2 aromatic heterocycles. The Morgan fingerprint density at radius 1 is 1.21 bits per heavy atom. The van der Waals surface area contributed by atoms with E-state index in [4.69, 9.17) is 17.3 Å². The van der Waals surface area contributed by atoms with Crippen molar-refractivity contribution in [3.05, 3.63) is 52.9 Å². The van der Waals surface area contributed by atoms with Crippen molar-refractivity contribution >= 4 is 17.4 Å². The second-order valence-electron chi connectivity index (χ2n) is 4.34. The number of nitrogens with two attached hydrogens (primary N) is 1. The maximum atomic E-state index is 6.29. The van der Waals surface area contributed by atoms with E-state index in [2.05, 4.69) is 9.97 Å². The quantitative estimate of drug-likeness (QED) is 0.910. The minimum Gasteiger partial charge on any atom is -0.358 e. The molecule has 0 fully saturated rings. The van der Waals surface area contributed by atoms with Gasteiger partial charge in [0.15, 0.2) is 0 Å². The van der Waals surface area contributed by atoms with Crippen LogP contribution in [0.4, 0.5) is 5.82 Å². The van der Waals surface area contributed by atoms with Crippen molar-refractivity contribution in [3.63, 3.8) is 0 Å². The Hall–Kier alpha value is -1.65. The van der Waals surface area contributed by atoms with Gasteiger partial charge < -0.3 is 10.6 Å². The van der Waals surface area contributed by atoms with Gasteiger partial charge in [0.1, 0.15) is 5.82 Å². The third kappa shape index (κ3) is 3.43. The molecule has 0 radical (unpaired) electrons. The smallest absolute Gasteiger partial charge is 0.147 e. The van der Waals surface area contributed by atoms with Crippen LogP contribution < -0.4 is 10.6 Å². The van der Waals surface area contributed by atoms with Crippen LogP contribution in [-0.2, 0) is 13.0 Å². The molecule has 0 aromatic carbocycles. The summed E-state index contributed by atoms with van der Waals surface area (Å²) in [5.74, 6) is 0.777. The van der Waals surface area contributed by atoms with Crippen LogP contribution in [-0.4, -0.2) is 23.6 Å². The van der Waals surface area contributed by atoms with E-state index in [1.807, 2.05) is 30.1 Å². The Bertz CT molecular complexity index is 530. The van der Waals surface area contributed by atoms with Gasteiger partial charge in [-0.25, -0.2) is 4.98 Å². The van der Waals surface area contributed by atoms with Crippen LogP contribution in [0.5, 0.6) is 0 Å². The molecule has 0 aliphatic carbocycles. The monoisotopic (exact) mass is 276 g/mol. The van der Waals surface area contributed by atoms with Gasteiger partial charge in [-0.1, -0.05) is 11.6 Å². The van der Waals surface area contributed by atoms with E-state index < -0.39 is 0 Å². The maximum Gasteiger partial charge on any atom is 0.147 e. The molecule has 0 aliphatic heterocycles. The molecular weight excluding hydrogens is 260 g/mol. The lowest BCUT2D eigenvalue weighted by molar-refractivity contribution is 0.855. The molecule has 0 bridgehead atoms. The highest BCUT2D eigenvalue weighted by molar-refractivity contribution is 6.33. The molecule has 19 heavy (non-hydrogen) atoms. The van der Waals surface area contributed by atoms with Gasteiger partial charge in [-0.15, -0.1) is 0 Å². The zero-order valence-electron chi connectivity index (χ0n) is 10.9. The number of aromatic nitrogens is 2.